The van der Waals surface area contributed by atoms with Gasteiger partial charge in [-0.15, -0.1) is 0 Å². The summed E-state index contributed by atoms with van der Waals surface area (Å²) < 4.78 is 17.3. The standard InChI is InChI=1S/C13H17FO2/c1-13(2,8-9-14)12(15)16-10-11-6-4-3-5-7-11/h3-7H,8-10H2,1-2H3. The minimum absolute atomic E-state index is 0.195. The van der Waals surface area contributed by atoms with Crippen LogP contribution in [0.4, 0.5) is 4.39 Å². The molecule has 0 aliphatic carbocycles. The van der Waals surface area contributed by atoms with Crippen LogP contribution in [0.25, 0.3) is 0 Å². The second kappa shape index (κ2) is 5.64. The Balaban J connectivity index is 2.47. The molecule has 0 fully saturated rings. The van der Waals surface area contributed by atoms with Crippen LogP contribution in [0.1, 0.15) is 25.8 Å². The lowest BCUT2D eigenvalue weighted by molar-refractivity contribution is -0.155. The molecular formula is C13H17FO2. The van der Waals surface area contributed by atoms with Crippen LogP contribution in [0.3, 0.4) is 0 Å². The van der Waals surface area contributed by atoms with Crippen molar-refractivity contribution >= 4 is 5.97 Å². The molecule has 0 aromatic heterocycles. The SMILES string of the molecule is CC(C)(CCF)C(=O)OCc1ccccc1. The van der Waals surface area contributed by atoms with Gasteiger partial charge in [-0.1, -0.05) is 30.3 Å². The van der Waals surface area contributed by atoms with Gasteiger partial charge >= 0.3 is 5.97 Å². The van der Waals surface area contributed by atoms with Crippen LogP contribution >= 0.6 is 0 Å². The van der Waals surface area contributed by atoms with Crippen molar-refractivity contribution in [2.75, 3.05) is 6.67 Å². The molecule has 3 heteroatoms. The van der Waals surface area contributed by atoms with Crippen molar-refractivity contribution in [1.29, 1.82) is 0 Å². The quantitative estimate of drug-likeness (QED) is 0.718. The lowest BCUT2D eigenvalue weighted by Crippen LogP contribution is -2.27. The van der Waals surface area contributed by atoms with Crippen LogP contribution in [0.5, 0.6) is 0 Å². The van der Waals surface area contributed by atoms with Crippen LogP contribution in [0, 0.1) is 5.41 Å². The molecule has 0 atom stereocenters. The number of carbonyl (C=O) groups is 1. The van der Waals surface area contributed by atoms with E-state index >= 15 is 0 Å². The van der Waals surface area contributed by atoms with Crippen molar-refractivity contribution in [1.82, 2.24) is 0 Å². The van der Waals surface area contributed by atoms with Gasteiger partial charge in [0.1, 0.15) is 6.61 Å². The maximum absolute atomic E-state index is 12.2. The van der Waals surface area contributed by atoms with E-state index in [1.54, 1.807) is 13.8 Å². The van der Waals surface area contributed by atoms with Gasteiger partial charge in [-0.05, 0) is 25.8 Å². The zero-order valence-corrected chi connectivity index (χ0v) is 9.70. The molecule has 0 amide bonds. The number of esters is 1. The molecule has 0 radical (unpaired) electrons. The molecule has 0 saturated heterocycles. The molecule has 0 aliphatic rings. The zero-order chi connectivity index (χ0) is 12.0. The van der Waals surface area contributed by atoms with Crippen molar-refractivity contribution in [3.05, 3.63) is 35.9 Å². The minimum atomic E-state index is -0.746. The second-order valence-electron chi connectivity index (χ2n) is 4.38. The lowest BCUT2D eigenvalue weighted by atomic mass is 9.90. The zero-order valence-electron chi connectivity index (χ0n) is 9.70. The average Bonchev–Trinajstić information content (AvgIpc) is 2.27. The molecule has 0 N–H and O–H groups in total. The molecule has 0 heterocycles. The van der Waals surface area contributed by atoms with E-state index in [1.807, 2.05) is 30.3 Å². The summed E-state index contributed by atoms with van der Waals surface area (Å²) in [7, 11) is 0. The van der Waals surface area contributed by atoms with Gasteiger partial charge < -0.3 is 4.74 Å². The van der Waals surface area contributed by atoms with Crippen molar-refractivity contribution in [2.45, 2.75) is 26.9 Å². The van der Waals surface area contributed by atoms with Crippen LogP contribution in [0.2, 0.25) is 0 Å². The number of hydrogen-bond acceptors (Lipinski definition) is 2. The summed E-state index contributed by atoms with van der Waals surface area (Å²) >= 11 is 0. The smallest absolute Gasteiger partial charge is 0.311 e. The molecule has 0 aliphatic heterocycles. The fourth-order valence-corrected chi connectivity index (χ4v) is 1.26. The Bertz CT molecular complexity index is 333. The summed E-state index contributed by atoms with van der Waals surface area (Å²) in [5.41, 5.74) is 0.190. The van der Waals surface area contributed by atoms with E-state index < -0.39 is 12.1 Å². The fraction of sp³-hybridized carbons (Fsp3) is 0.462. The molecule has 0 saturated carbocycles. The highest BCUT2D eigenvalue weighted by molar-refractivity contribution is 5.75. The van der Waals surface area contributed by atoms with E-state index in [4.69, 9.17) is 4.74 Å². The van der Waals surface area contributed by atoms with Crippen molar-refractivity contribution in [3.8, 4) is 0 Å². The molecule has 0 bridgehead atoms. The Kier molecular flexibility index (Phi) is 4.47. The molecule has 1 aromatic rings. The number of ether oxygens (including phenoxy) is 1. The van der Waals surface area contributed by atoms with E-state index in [0.717, 1.165) is 5.56 Å². The van der Waals surface area contributed by atoms with E-state index in [2.05, 4.69) is 0 Å². The van der Waals surface area contributed by atoms with Gasteiger partial charge in [-0.3, -0.25) is 9.18 Å². The molecule has 88 valence electrons. The summed E-state index contributed by atoms with van der Waals surface area (Å²) in [6.07, 6.45) is 0.195. The topological polar surface area (TPSA) is 26.3 Å². The maximum Gasteiger partial charge on any atom is 0.311 e. The Morgan fingerprint density at radius 1 is 1.31 bits per heavy atom. The van der Waals surface area contributed by atoms with Crippen LogP contribution < -0.4 is 0 Å². The van der Waals surface area contributed by atoms with Gasteiger partial charge in [0.15, 0.2) is 0 Å². The molecule has 16 heavy (non-hydrogen) atoms. The fourth-order valence-electron chi connectivity index (χ4n) is 1.26. The summed E-state index contributed by atoms with van der Waals surface area (Å²) in [4.78, 5) is 11.6. The Hall–Kier alpha value is -1.38. The third-order valence-corrected chi connectivity index (χ3v) is 2.48. The summed E-state index contributed by atoms with van der Waals surface area (Å²) in [5, 5.41) is 0. The number of alkyl halides is 1. The Labute approximate surface area is 95.4 Å². The largest absolute Gasteiger partial charge is 0.460 e. The van der Waals surface area contributed by atoms with Crippen molar-refractivity contribution in [2.24, 2.45) is 5.41 Å². The Morgan fingerprint density at radius 2 is 1.94 bits per heavy atom. The summed E-state index contributed by atoms with van der Waals surface area (Å²) in [5.74, 6) is -0.353. The first kappa shape index (κ1) is 12.7. The summed E-state index contributed by atoms with van der Waals surface area (Å²) in [6, 6.07) is 9.44. The van der Waals surface area contributed by atoms with E-state index in [0.29, 0.717) is 0 Å². The molecule has 0 unspecified atom stereocenters. The monoisotopic (exact) mass is 224 g/mol. The normalized spacial score (nSPS) is 11.2. The van der Waals surface area contributed by atoms with Gasteiger partial charge in [0.05, 0.1) is 12.1 Å². The molecule has 2 nitrogen and oxygen atoms in total. The van der Waals surface area contributed by atoms with Gasteiger partial charge in [0, 0.05) is 0 Å². The number of halogens is 1. The highest BCUT2D eigenvalue weighted by Gasteiger charge is 2.28. The third-order valence-electron chi connectivity index (χ3n) is 2.48. The van der Waals surface area contributed by atoms with Gasteiger partial charge in [0.25, 0.3) is 0 Å². The average molecular weight is 224 g/mol. The first-order chi connectivity index (χ1) is 7.56. The number of rotatable bonds is 5. The van der Waals surface area contributed by atoms with E-state index in [1.165, 1.54) is 0 Å². The van der Waals surface area contributed by atoms with E-state index in [9.17, 15) is 9.18 Å². The maximum atomic E-state index is 12.2. The van der Waals surface area contributed by atoms with Gasteiger partial charge in [0.2, 0.25) is 0 Å². The van der Waals surface area contributed by atoms with Crippen LogP contribution in [-0.4, -0.2) is 12.6 Å². The van der Waals surface area contributed by atoms with Crippen molar-refractivity contribution in [3.63, 3.8) is 0 Å². The number of benzene rings is 1. The first-order valence-corrected chi connectivity index (χ1v) is 5.33. The van der Waals surface area contributed by atoms with Crippen LogP contribution in [0.15, 0.2) is 30.3 Å². The second-order valence-corrected chi connectivity index (χ2v) is 4.38. The van der Waals surface area contributed by atoms with Gasteiger partial charge in [-0.2, -0.15) is 0 Å². The summed E-state index contributed by atoms with van der Waals surface area (Å²) in [6.45, 7) is 3.13. The lowest BCUT2D eigenvalue weighted by Gasteiger charge is -2.20. The minimum Gasteiger partial charge on any atom is -0.460 e. The third kappa shape index (κ3) is 3.65. The molecule has 1 aromatic carbocycles. The predicted octanol–water partition coefficient (Wildman–Crippen LogP) is 3.12. The van der Waals surface area contributed by atoms with Crippen molar-refractivity contribution < 1.29 is 13.9 Å². The number of carbonyl (C=O) groups excluding carboxylic acids is 1. The highest BCUT2D eigenvalue weighted by atomic mass is 19.1. The predicted molar refractivity (Wildman–Crippen MR) is 60.6 cm³/mol. The highest BCUT2D eigenvalue weighted by Crippen LogP contribution is 2.22. The molecule has 0 spiro atoms. The van der Waals surface area contributed by atoms with Gasteiger partial charge in [-0.25, -0.2) is 0 Å². The first-order valence-electron chi connectivity index (χ1n) is 5.33. The molecule has 1 rings (SSSR count). The number of hydrogen-bond donors (Lipinski definition) is 0. The Morgan fingerprint density at radius 3 is 2.50 bits per heavy atom. The van der Waals surface area contributed by atoms with E-state index in [-0.39, 0.29) is 19.0 Å². The molecular weight excluding hydrogens is 207 g/mol. The van der Waals surface area contributed by atoms with Crippen LogP contribution in [-0.2, 0) is 16.1 Å².